The Hall–Kier alpha value is -1.51. The zero-order chi connectivity index (χ0) is 11.7. The van der Waals surface area contributed by atoms with E-state index in [0.29, 0.717) is 5.92 Å². The van der Waals surface area contributed by atoms with Crippen molar-refractivity contribution in [2.24, 2.45) is 10.9 Å². The van der Waals surface area contributed by atoms with E-state index in [1.165, 1.54) is 11.3 Å². The van der Waals surface area contributed by atoms with Crippen molar-refractivity contribution >= 4 is 11.4 Å². The lowest BCUT2D eigenvalue weighted by Crippen LogP contribution is -2.06. The maximum Gasteiger partial charge on any atom is 0.162 e. The molecule has 0 unspecified atom stereocenters. The second-order valence-corrected chi connectivity index (χ2v) is 4.27. The van der Waals surface area contributed by atoms with Crippen LogP contribution in [0.2, 0.25) is 0 Å². The number of rotatable bonds is 3. The minimum absolute atomic E-state index is 0.490. The predicted octanol–water partition coefficient (Wildman–Crippen LogP) is 2.99. The van der Waals surface area contributed by atoms with Crippen molar-refractivity contribution in [1.82, 2.24) is 0 Å². The van der Waals surface area contributed by atoms with Crippen LogP contribution >= 0.6 is 0 Å². The van der Waals surface area contributed by atoms with E-state index in [1.54, 1.807) is 14.2 Å². The average molecular weight is 219 g/mol. The summed E-state index contributed by atoms with van der Waals surface area (Å²) in [5.74, 6) is 2.01. The lowest BCUT2D eigenvalue weighted by atomic mass is 10.0. The largest absolute Gasteiger partial charge is 0.493 e. The molecule has 0 fully saturated rings. The molecule has 1 aromatic carbocycles. The highest BCUT2D eigenvalue weighted by Gasteiger charge is 2.19. The number of nitrogens with zero attached hydrogens (tertiary/aromatic N) is 1. The zero-order valence-corrected chi connectivity index (χ0v) is 10.2. The van der Waals surface area contributed by atoms with E-state index in [9.17, 15) is 0 Å². The van der Waals surface area contributed by atoms with Crippen LogP contribution in [0.3, 0.4) is 0 Å². The van der Waals surface area contributed by atoms with Gasteiger partial charge in [0.2, 0.25) is 0 Å². The highest BCUT2D eigenvalue weighted by atomic mass is 16.5. The first-order valence-corrected chi connectivity index (χ1v) is 5.48. The molecule has 1 aliphatic heterocycles. The van der Waals surface area contributed by atoms with Crippen molar-refractivity contribution in [3.8, 4) is 11.5 Å². The molecule has 1 aliphatic rings. The van der Waals surface area contributed by atoms with Crippen LogP contribution in [-0.2, 0) is 6.42 Å². The maximum atomic E-state index is 5.28. The summed E-state index contributed by atoms with van der Waals surface area (Å²) in [7, 11) is 3.30. The predicted molar refractivity (Wildman–Crippen MR) is 65.2 cm³/mol. The van der Waals surface area contributed by atoms with Crippen LogP contribution in [0.15, 0.2) is 17.1 Å². The van der Waals surface area contributed by atoms with Crippen LogP contribution in [0.1, 0.15) is 19.4 Å². The highest BCUT2D eigenvalue weighted by Crippen LogP contribution is 2.38. The lowest BCUT2D eigenvalue weighted by Gasteiger charge is -2.08. The Morgan fingerprint density at radius 3 is 2.31 bits per heavy atom. The van der Waals surface area contributed by atoms with Crippen molar-refractivity contribution in [3.05, 3.63) is 17.7 Å². The monoisotopic (exact) mass is 219 g/mol. The number of benzene rings is 1. The summed E-state index contributed by atoms with van der Waals surface area (Å²) in [5.41, 5.74) is 3.47. The molecule has 2 rings (SSSR count). The molecular weight excluding hydrogens is 202 g/mol. The number of methoxy groups -OCH3 is 2. The molecule has 0 radical (unpaired) electrons. The number of fused-ring (bicyclic) bond motifs is 1. The number of hydrogen-bond acceptors (Lipinski definition) is 3. The Kier molecular flexibility index (Phi) is 2.86. The van der Waals surface area contributed by atoms with Gasteiger partial charge in [-0.05, 0) is 17.5 Å². The van der Waals surface area contributed by atoms with E-state index in [4.69, 9.17) is 9.47 Å². The summed E-state index contributed by atoms with van der Waals surface area (Å²) in [4.78, 5) is 4.62. The van der Waals surface area contributed by atoms with Crippen molar-refractivity contribution in [3.63, 3.8) is 0 Å². The summed E-state index contributed by atoms with van der Waals surface area (Å²) in [6, 6.07) is 3.97. The molecule has 0 atom stereocenters. The SMILES string of the molecule is COc1cc2c(cc1OC)N=C(C(C)C)C2. The molecule has 0 bridgehead atoms. The van der Waals surface area contributed by atoms with Gasteiger partial charge < -0.3 is 9.47 Å². The van der Waals surface area contributed by atoms with Crippen LogP contribution in [-0.4, -0.2) is 19.9 Å². The fraction of sp³-hybridized carbons (Fsp3) is 0.462. The van der Waals surface area contributed by atoms with E-state index in [0.717, 1.165) is 23.6 Å². The highest BCUT2D eigenvalue weighted by molar-refractivity contribution is 5.95. The summed E-state index contributed by atoms with van der Waals surface area (Å²) >= 11 is 0. The Morgan fingerprint density at radius 1 is 1.12 bits per heavy atom. The van der Waals surface area contributed by atoms with Gasteiger partial charge in [0.15, 0.2) is 11.5 Å². The first-order chi connectivity index (χ1) is 7.65. The molecule has 3 heteroatoms. The van der Waals surface area contributed by atoms with Crippen molar-refractivity contribution in [1.29, 1.82) is 0 Å². The van der Waals surface area contributed by atoms with Crippen molar-refractivity contribution < 1.29 is 9.47 Å². The lowest BCUT2D eigenvalue weighted by molar-refractivity contribution is 0.355. The molecule has 0 saturated heterocycles. The van der Waals surface area contributed by atoms with Crippen LogP contribution in [0.25, 0.3) is 0 Å². The molecular formula is C13H17NO2. The van der Waals surface area contributed by atoms with Gasteiger partial charge in [-0.2, -0.15) is 0 Å². The summed E-state index contributed by atoms with van der Waals surface area (Å²) in [6.07, 6.45) is 0.924. The Labute approximate surface area is 96.1 Å². The molecule has 0 spiro atoms. The standard InChI is InChI=1S/C13H17NO2/c1-8(2)10-5-9-6-12(15-3)13(16-4)7-11(9)14-10/h6-8H,5H2,1-4H3. The third kappa shape index (κ3) is 1.77. The smallest absolute Gasteiger partial charge is 0.162 e. The Morgan fingerprint density at radius 2 is 1.75 bits per heavy atom. The zero-order valence-electron chi connectivity index (χ0n) is 10.2. The van der Waals surface area contributed by atoms with Crippen LogP contribution in [0, 0.1) is 5.92 Å². The van der Waals surface area contributed by atoms with Crippen molar-refractivity contribution in [2.75, 3.05) is 14.2 Å². The van der Waals surface area contributed by atoms with Gasteiger partial charge in [0.1, 0.15) is 0 Å². The van der Waals surface area contributed by atoms with Gasteiger partial charge in [-0.1, -0.05) is 13.8 Å². The Bertz CT molecular complexity index is 436. The van der Waals surface area contributed by atoms with Crippen molar-refractivity contribution in [2.45, 2.75) is 20.3 Å². The molecule has 1 heterocycles. The summed E-state index contributed by atoms with van der Waals surface area (Å²) in [5, 5.41) is 0. The van der Waals surface area contributed by atoms with Gasteiger partial charge >= 0.3 is 0 Å². The number of ether oxygens (including phenoxy) is 2. The summed E-state index contributed by atoms with van der Waals surface area (Å²) in [6.45, 7) is 4.33. The minimum atomic E-state index is 0.490. The molecule has 1 aromatic rings. The summed E-state index contributed by atoms with van der Waals surface area (Å²) < 4.78 is 10.5. The molecule has 0 aliphatic carbocycles. The molecule has 0 aromatic heterocycles. The van der Waals surface area contributed by atoms with Crippen LogP contribution in [0.4, 0.5) is 5.69 Å². The van der Waals surface area contributed by atoms with Gasteiger partial charge in [-0.3, -0.25) is 4.99 Å². The van der Waals surface area contributed by atoms with Gasteiger partial charge in [-0.15, -0.1) is 0 Å². The normalized spacial score (nSPS) is 13.7. The molecule has 0 saturated carbocycles. The molecule has 86 valence electrons. The van der Waals surface area contributed by atoms with E-state index >= 15 is 0 Å². The molecule has 0 N–H and O–H groups in total. The fourth-order valence-corrected chi connectivity index (χ4v) is 1.88. The minimum Gasteiger partial charge on any atom is -0.493 e. The van der Waals surface area contributed by atoms with Crippen LogP contribution in [0.5, 0.6) is 11.5 Å². The molecule has 0 amide bonds. The second kappa shape index (κ2) is 4.16. The van der Waals surface area contributed by atoms with E-state index in [-0.39, 0.29) is 0 Å². The first kappa shape index (κ1) is 11.0. The van der Waals surface area contributed by atoms with Crippen LogP contribution < -0.4 is 9.47 Å². The topological polar surface area (TPSA) is 30.8 Å². The molecule has 3 nitrogen and oxygen atoms in total. The van der Waals surface area contributed by atoms with Gasteiger partial charge in [0, 0.05) is 18.2 Å². The van der Waals surface area contributed by atoms with E-state index in [2.05, 4.69) is 18.8 Å². The van der Waals surface area contributed by atoms with E-state index < -0.39 is 0 Å². The maximum absolute atomic E-state index is 5.28. The third-order valence-corrected chi connectivity index (χ3v) is 2.89. The Balaban J connectivity index is 2.40. The van der Waals surface area contributed by atoms with Gasteiger partial charge in [0.25, 0.3) is 0 Å². The second-order valence-electron chi connectivity index (χ2n) is 4.27. The average Bonchev–Trinajstić information content (AvgIpc) is 2.69. The quantitative estimate of drug-likeness (QED) is 0.782. The number of aliphatic imine (C=N–C) groups is 1. The van der Waals surface area contributed by atoms with Gasteiger partial charge in [-0.25, -0.2) is 0 Å². The number of hydrogen-bond donors (Lipinski definition) is 0. The van der Waals surface area contributed by atoms with Gasteiger partial charge in [0.05, 0.1) is 19.9 Å². The molecule has 16 heavy (non-hydrogen) atoms. The fourth-order valence-electron chi connectivity index (χ4n) is 1.88. The van der Waals surface area contributed by atoms with E-state index in [1.807, 2.05) is 12.1 Å². The first-order valence-electron chi connectivity index (χ1n) is 5.48. The third-order valence-electron chi connectivity index (χ3n) is 2.89.